The molecule has 1 aromatic carbocycles. The van der Waals surface area contributed by atoms with Gasteiger partial charge in [0.1, 0.15) is 18.0 Å². The van der Waals surface area contributed by atoms with Crippen molar-refractivity contribution in [2.45, 2.75) is 6.42 Å². The van der Waals surface area contributed by atoms with Gasteiger partial charge in [0.15, 0.2) is 0 Å². The first kappa shape index (κ1) is 45.5. The average molecular weight is 1320 g/mol. The van der Waals surface area contributed by atoms with Crippen LogP contribution in [0.3, 0.4) is 0 Å². The van der Waals surface area contributed by atoms with Crippen LogP contribution in [0.5, 0.6) is 5.75 Å². The van der Waals surface area contributed by atoms with Gasteiger partial charge in [-0.1, -0.05) is 0 Å². The number of hydrogen-bond donors (Lipinski definition) is 2. The molecule has 2 rings (SSSR count). The highest BCUT2D eigenvalue weighted by atomic mass is 128. The number of benzene rings is 1. The fourth-order valence-electron chi connectivity index (χ4n) is 2.30. The number of halogens is 7. The van der Waals surface area contributed by atoms with Crippen LogP contribution in [0.15, 0.2) is 30.6 Å². The van der Waals surface area contributed by atoms with Crippen molar-refractivity contribution in [2.75, 3.05) is 51.6 Å². The molecule has 214 valence electrons. The molecular weight excluding hydrogens is 1300 g/mol. The number of nitrogens with one attached hydrogen (secondary N) is 1. The van der Waals surface area contributed by atoms with Crippen molar-refractivity contribution >= 4 is 157 Å². The summed E-state index contributed by atoms with van der Waals surface area (Å²) in [6.07, 6.45) is 5.61. The van der Waals surface area contributed by atoms with Gasteiger partial charge in [-0.15, -0.1) is 24.0 Å². The molecule has 0 saturated heterocycles. The normalized spacial score (nSPS) is 11.1. The number of hydrogen-bond acceptors (Lipinski definition) is 11. The van der Waals surface area contributed by atoms with E-state index >= 15 is 0 Å². The summed E-state index contributed by atoms with van der Waals surface area (Å²) >= 11 is 12.7. The van der Waals surface area contributed by atoms with Gasteiger partial charge in [-0.05, 0) is 18.6 Å². The van der Waals surface area contributed by atoms with Crippen LogP contribution in [0.1, 0.15) is 6.42 Å². The quantitative estimate of drug-likeness (QED) is 0.0987. The van der Waals surface area contributed by atoms with E-state index < -0.39 is 15.0 Å². The highest BCUT2D eigenvalue weighted by Crippen LogP contribution is 2.29. The summed E-state index contributed by atoms with van der Waals surface area (Å²) in [5.41, 5.74) is 0.446. The SMILES string of the molecule is CN1C=CN(CCCNc2ccc(OCCO)cc2[N+](=O)[O-])C1.CS(=O)(=O)O[O-].I.II.II.II. The summed E-state index contributed by atoms with van der Waals surface area (Å²) in [6, 6.07) is 4.66. The Bertz CT molecular complexity index is 813. The maximum Gasteiger partial charge on any atom is 0.296 e. The molecule has 1 aromatic rings. The molecule has 0 amide bonds. The Morgan fingerprint density at radius 3 is 2.14 bits per heavy atom. The summed E-state index contributed by atoms with van der Waals surface area (Å²) < 4.78 is 26.8. The first-order valence-electron chi connectivity index (χ1n) is 8.99. The molecule has 0 unspecified atom stereocenters. The fourth-order valence-corrected chi connectivity index (χ4v) is 2.30. The maximum atomic E-state index is 11.2. The molecule has 1 aliphatic heterocycles. The first-order chi connectivity index (χ1) is 16.7. The van der Waals surface area contributed by atoms with Gasteiger partial charge in [0.2, 0.25) is 0 Å². The number of nitrogens with zero attached hydrogens (tertiary/aromatic N) is 3. The number of rotatable bonds is 10. The number of ether oxygens (including phenoxy) is 1. The number of nitro groups is 1. The van der Waals surface area contributed by atoms with Crippen LogP contribution in [0.25, 0.3) is 0 Å². The molecule has 36 heavy (non-hydrogen) atoms. The average Bonchev–Trinajstić information content (AvgIpc) is 3.29. The van der Waals surface area contributed by atoms with E-state index in [9.17, 15) is 18.5 Å². The predicted molar refractivity (Wildman–Crippen MR) is 203 cm³/mol. The van der Waals surface area contributed by atoms with Gasteiger partial charge in [0.25, 0.3) is 15.8 Å². The molecule has 0 saturated carbocycles. The molecular formula is C16H26I7N4O8S-. The Hall–Kier alpha value is 2.50. The monoisotopic (exact) mass is 1320 g/mol. The van der Waals surface area contributed by atoms with E-state index in [2.05, 4.69) is 131 Å². The van der Waals surface area contributed by atoms with Crippen LogP contribution in [0.4, 0.5) is 11.4 Å². The van der Waals surface area contributed by atoms with Gasteiger partial charge in [-0.3, -0.25) is 10.1 Å². The fraction of sp³-hybridized carbons (Fsp3) is 0.500. The van der Waals surface area contributed by atoms with Crippen LogP contribution < -0.4 is 15.3 Å². The Balaban J connectivity index is -0.000000336. The smallest absolute Gasteiger partial charge is 0.296 e. The summed E-state index contributed by atoms with van der Waals surface area (Å²) in [6.45, 7) is 2.39. The largest absolute Gasteiger partial charge is 0.707 e. The molecule has 2 N–H and O–H groups in total. The standard InChI is InChI=1S/C15H22N4O4.CH4O4S.3I2.HI/c1-17-7-8-18(12-17)6-2-5-16-14-4-3-13(23-10-9-20)11-15(14)19(21)22;1-6(3,4)5-2;3*1-2;/h3-4,7-8,11,16,20H,2,5-6,9-10,12H2,1H3;2H,1H3;;;;1H/p-1. The highest BCUT2D eigenvalue weighted by Gasteiger charge is 2.15. The number of anilines is 1. The first-order valence-corrected chi connectivity index (χ1v) is 29.7. The second-order valence-electron chi connectivity index (χ2n) is 6.07. The summed E-state index contributed by atoms with van der Waals surface area (Å²) in [4.78, 5) is 15.0. The zero-order valence-electron chi connectivity index (χ0n) is 18.9. The van der Waals surface area contributed by atoms with Gasteiger partial charge in [-0.25, -0.2) is 8.42 Å². The third-order valence-corrected chi connectivity index (χ3v) is 3.77. The molecule has 12 nitrogen and oxygen atoms in total. The lowest BCUT2D eigenvalue weighted by Gasteiger charge is -2.18. The van der Waals surface area contributed by atoms with Crippen molar-refractivity contribution in [3.05, 3.63) is 40.7 Å². The van der Waals surface area contributed by atoms with E-state index in [1.54, 1.807) is 12.1 Å². The molecule has 1 heterocycles. The van der Waals surface area contributed by atoms with E-state index in [-0.39, 0.29) is 42.9 Å². The summed E-state index contributed by atoms with van der Waals surface area (Å²) in [7, 11) is -1.71. The lowest BCUT2D eigenvalue weighted by atomic mass is 10.2. The van der Waals surface area contributed by atoms with Crippen molar-refractivity contribution < 1.29 is 32.8 Å². The molecule has 0 aromatic heterocycles. The molecule has 0 spiro atoms. The van der Waals surface area contributed by atoms with Crippen LogP contribution in [-0.2, 0) is 14.5 Å². The molecule has 20 heteroatoms. The van der Waals surface area contributed by atoms with E-state index in [0.717, 1.165) is 19.6 Å². The molecule has 0 atom stereocenters. The molecule has 0 radical (unpaired) electrons. The molecule has 1 aliphatic rings. The zero-order valence-corrected chi connectivity index (χ0v) is 35.0. The summed E-state index contributed by atoms with van der Waals surface area (Å²) in [5, 5.41) is 31.9. The van der Waals surface area contributed by atoms with Gasteiger partial charge < -0.3 is 34.6 Å². The minimum absolute atomic E-state index is 0. The van der Waals surface area contributed by atoms with Gasteiger partial charge in [0.05, 0.1) is 30.5 Å². The Labute approximate surface area is 299 Å². The van der Waals surface area contributed by atoms with Gasteiger partial charge in [0, 0.05) is 144 Å². The lowest BCUT2D eigenvalue weighted by molar-refractivity contribution is -0.634. The van der Waals surface area contributed by atoms with Gasteiger partial charge >= 0.3 is 0 Å². The third-order valence-electron chi connectivity index (χ3n) is 3.52. The van der Waals surface area contributed by atoms with Crippen molar-refractivity contribution in [3.8, 4) is 5.75 Å². The Morgan fingerprint density at radius 1 is 1.17 bits per heavy atom. The minimum Gasteiger partial charge on any atom is -0.707 e. The molecule has 0 bridgehead atoms. The van der Waals surface area contributed by atoms with Crippen LogP contribution in [-0.4, -0.2) is 74.5 Å². The third kappa shape index (κ3) is 25.5. The topological polar surface area (TPSA) is 158 Å². The second kappa shape index (κ2) is 30.5. The number of nitro benzene ring substituents is 1. The van der Waals surface area contributed by atoms with Crippen LogP contribution in [0.2, 0.25) is 0 Å². The molecule has 0 fully saturated rings. The predicted octanol–water partition coefficient (Wildman–Crippen LogP) is 5.61. The number of aliphatic hydroxyl groups is 1. The summed E-state index contributed by atoms with van der Waals surface area (Å²) in [5.74, 6) is 0.376. The Kier molecular flexibility index (Phi) is 38.5. The number of aliphatic hydroxyl groups excluding tert-OH is 1. The van der Waals surface area contributed by atoms with Crippen molar-refractivity contribution in [3.63, 3.8) is 0 Å². The second-order valence-corrected chi connectivity index (χ2v) is 7.61. The van der Waals surface area contributed by atoms with E-state index in [4.69, 9.17) is 15.1 Å². The zero-order chi connectivity index (χ0) is 27.9. The van der Waals surface area contributed by atoms with E-state index in [0.29, 0.717) is 24.2 Å². The highest BCUT2D eigenvalue weighted by molar-refractivity contribution is 15.0. The van der Waals surface area contributed by atoms with Crippen molar-refractivity contribution in [2.24, 2.45) is 0 Å². The minimum atomic E-state index is -3.72. The van der Waals surface area contributed by atoms with Crippen LogP contribution in [0, 0.1) is 10.1 Å². The maximum absolute atomic E-state index is 11.2. The van der Waals surface area contributed by atoms with Gasteiger partial charge in [-0.2, -0.15) is 0 Å². The van der Waals surface area contributed by atoms with Crippen molar-refractivity contribution in [1.82, 2.24) is 9.80 Å². The van der Waals surface area contributed by atoms with Crippen molar-refractivity contribution in [1.29, 1.82) is 0 Å². The molecule has 0 aliphatic carbocycles. The lowest BCUT2D eigenvalue weighted by Crippen LogP contribution is -2.24. The van der Waals surface area contributed by atoms with E-state index in [1.165, 1.54) is 6.07 Å². The van der Waals surface area contributed by atoms with E-state index in [1.807, 2.05) is 19.4 Å². The Morgan fingerprint density at radius 2 is 1.72 bits per heavy atom. The van der Waals surface area contributed by atoms with Crippen LogP contribution >= 0.6 is 136 Å².